The minimum Gasteiger partial charge on any atom is -0.489 e. The van der Waals surface area contributed by atoms with Gasteiger partial charge in [-0.2, -0.15) is 4.98 Å². The van der Waals surface area contributed by atoms with Crippen molar-refractivity contribution >= 4 is 79.8 Å². The minimum absolute atomic E-state index is 0.0144. The van der Waals surface area contributed by atoms with Crippen LogP contribution in [0.25, 0.3) is 0 Å². The number of halogens is 1. The van der Waals surface area contributed by atoms with E-state index >= 15 is 0 Å². The van der Waals surface area contributed by atoms with E-state index in [-0.39, 0.29) is 57.7 Å². The molecular weight excluding hydrogens is 898 g/mol. The Morgan fingerprint density at radius 1 is 0.910 bits per heavy atom. The highest BCUT2D eigenvalue weighted by molar-refractivity contribution is 7.92. The SMILES string of the molecule is Cc1cc(Nc2ncc(Cl)c(Nc3ccccc3S(=O)(=O)C(C)C)n2)c(OC(C)C)cc1C1CCN(CCC(=O)NCCCCNc2cccc3c2C(=O)N(C2CCC(=O)NC2=O)C3=O)CC1. The molecule has 3 aliphatic heterocycles. The molecule has 1 aromatic heterocycles. The smallest absolute Gasteiger partial charge is 0.264 e. The van der Waals surface area contributed by atoms with Crippen LogP contribution in [0.4, 0.5) is 28.8 Å². The fourth-order valence-electron chi connectivity index (χ4n) is 8.61. The number of amides is 5. The first-order chi connectivity index (χ1) is 32.0. The zero-order valence-electron chi connectivity index (χ0n) is 38.4. The molecule has 67 heavy (non-hydrogen) atoms. The number of aromatic nitrogens is 2. The van der Waals surface area contributed by atoms with Crippen LogP contribution in [0.1, 0.15) is 110 Å². The molecule has 5 N–H and O–H groups in total. The Morgan fingerprint density at radius 2 is 1.64 bits per heavy atom. The number of fused-ring (bicyclic) bond motifs is 1. The van der Waals surface area contributed by atoms with E-state index in [0.717, 1.165) is 36.4 Å². The van der Waals surface area contributed by atoms with E-state index in [0.29, 0.717) is 67.6 Å². The molecule has 3 aromatic carbocycles. The number of para-hydroxylation sites is 1. The first-order valence-electron chi connectivity index (χ1n) is 22.8. The van der Waals surface area contributed by atoms with Crippen molar-refractivity contribution in [2.45, 2.75) is 108 Å². The molecule has 2 fully saturated rings. The van der Waals surface area contributed by atoms with E-state index < -0.39 is 44.8 Å². The van der Waals surface area contributed by atoms with Gasteiger partial charge >= 0.3 is 0 Å². The van der Waals surface area contributed by atoms with Crippen molar-refractivity contribution < 1.29 is 37.1 Å². The number of nitrogens with zero attached hydrogens (tertiary/aromatic N) is 4. The number of carbonyl (C=O) groups is 5. The number of nitrogens with one attached hydrogen (secondary N) is 5. The van der Waals surface area contributed by atoms with Crippen LogP contribution in [0.15, 0.2) is 65.7 Å². The van der Waals surface area contributed by atoms with Crippen LogP contribution in [0.3, 0.4) is 0 Å². The van der Waals surface area contributed by atoms with Crippen LogP contribution in [0.5, 0.6) is 5.75 Å². The topological polar surface area (TPSA) is 221 Å². The highest BCUT2D eigenvalue weighted by Crippen LogP contribution is 2.39. The normalized spacial score (nSPS) is 16.9. The lowest BCUT2D eigenvalue weighted by molar-refractivity contribution is -0.136. The summed E-state index contributed by atoms with van der Waals surface area (Å²) in [6.45, 7) is 12.6. The fourth-order valence-corrected chi connectivity index (χ4v) is 9.95. The van der Waals surface area contributed by atoms with Gasteiger partial charge < -0.3 is 30.9 Å². The summed E-state index contributed by atoms with van der Waals surface area (Å²) in [6, 6.07) is 14.7. The number of rotatable bonds is 19. The van der Waals surface area contributed by atoms with Gasteiger partial charge in [0.15, 0.2) is 15.7 Å². The fraction of sp³-hybridized carbons (Fsp3) is 0.438. The van der Waals surface area contributed by atoms with Gasteiger partial charge in [0.1, 0.15) is 16.8 Å². The third-order valence-electron chi connectivity index (χ3n) is 12.2. The first-order valence-corrected chi connectivity index (χ1v) is 24.7. The number of piperidine rings is 2. The molecule has 7 rings (SSSR count). The van der Waals surface area contributed by atoms with Crippen LogP contribution >= 0.6 is 11.6 Å². The van der Waals surface area contributed by atoms with Crippen molar-refractivity contribution in [3.8, 4) is 5.75 Å². The largest absolute Gasteiger partial charge is 0.489 e. The number of anilines is 5. The molecule has 1 unspecified atom stereocenters. The van der Waals surface area contributed by atoms with Gasteiger partial charge in [-0.25, -0.2) is 13.4 Å². The number of benzene rings is 3. The van der Waals surface area contributed by atoms with Crippen molar-refractivity contribution in [2.75, 3.05) is 48.7 Å². The zero-order chi connectivity index (χ0) is 48.0. The van der Waals surface area contributed by atoms with Gasteiger partial charge in [0, 0.05) is 38.2 Å². The molecule has 4 aromatic rings. The average molecular weight is 957 g/mol. The lowest BCUT2D eigenvalue weighted by atomic mass is 9.86. The number of aryl methyl sites for hydroxylation is 1. The zero-order valence-corrected chi connectivity index (χ0v) is 40.0. The summed E-state index contributed by atoms with van der Waals surface area (Å²) in [4.78, 5) is 75.8. The second-order valence-electron chi connectivity index (χ2n) is 17.6. The Labute approximate surface area is 396 Å². The van der Waals surface area contributed by atoms with E-state index in [1.165, 1.54) is 11.8 Å². The summed E-state index contributed by atoms with van der Waals surface area (Å²) in [7, 11) is -3.59. The van der Waals surface area contributed by atoms with Crippen LogP contribution in [-0.4, -0.2) is 108 Å². The van der Waals surface area contributed by atoms with Crippen molar-refractivity contribution in [1.82, 2.24) is 30.4 Å². The first kappa shape index (κ1) is 48.8. The molecule has 17 nitrogen and oxygen atoms in total. The van der Waals surface area contributed by atoms with E-state index in [9.17, 15) is 32.4 Å². The van der Waals surface area contributed by atoms with Gasteiger partial charge in [-0.3, -0.25) is 34.2 Å². The van der Waals surface area contributed by atoms with Gasteiger partial charge in [0.05, 0.1) is 44.9 Å². The summed E-state index contributed by atoms with van der Waals surface area (Å²) in [5.41, 5.74) is 4.26. The molecule has 19 heteroatoms. The predicted octanol–water partition coefficient (Wildman–Crippen LogP) is 6.87. The van der Waals surface area contributed by atoms with Crippen LogP contribution in [0, 0.1) is 6.92 Å². The predicted molar refractivity (Wildman–Crippen MR) is 256 cm³/mol. The number of ether oxygens (including phenoxy) is 1. The number of likely N-dealkylation sites (tertiary alicyclic amines) is 1. The highest BCUT2D eigenvalue weighted by atomic mass is 35.5. The Bertz CT molecular complexity index is 2650. The molecule has 356 valence electrons. The van der Waals surface area contributed by atoms with Gasteiger partial charge in [0.2, 0.25) is 23.7 Å². The van der Waals surface area contributed by atoms with Crippen LogP contribution in [0.2, 0.25) is 5.02 Å². The van der Waals surface area contributed by atoms with Crippen LogP contribution < -0.4 is 31.3 Å². The Balaban J connectivity index is 0.866. The third kappa shape index (κ3) is 11.4. The maximum Gasteiger partial charge on any atom is 0.264 e. The second kappa shape index (κ2) is 21.2. The molecule has 4 heterocycles. The maximum atomic E-state index is 13.4. The van der Waals surface area contributed by atoms with Gasteiger partial charge in [-0.1, -0.05) is 29.8 Å². The quantitative estimate of drug-likeness (QED) is 0.0478. The van der Waals surface area contributed by atoms with Crippen LogP contribution in [-0.2, 0) is 24.2 Å². The summed E-state index contributed by atoms with van der Waals surface area (Å²) < 4.78 is 32.5. The number of unbranched alkanes of at least 4 members (excludes halogenated alkanes) is 1. The van der Waals surface area contributed by atoms with E-state index in [1.807, 2.05) is 19.9 Å². The molecule has 0 bridgehead atoms. The van der Waals surface area contributed by atoms with Crippen molar-refractivity contribution in [3.63, 3.8) is 0 Å². The number of hydrogen-bond acceptors (Lipinski definition) is 14. The minimum atomic E-state index is -3.59. The number of imide groups is 2. The monoisotopic (exact) mass is 955 g/mol. The molecule has 0 saturated carbocycles. The van der Waals surface area contributed by atoms with Gasteiger partial charge in [0.25, 0.3) is 11.8 Å². The summed E-state index contributed by atoms with van der Waals surface area (Å²) in [6.07, 6.45) is 5.13. The van der Waals surface area contributed by atoms with Crippen molar-refractivity contribution in [2.24, 2.45) is 0 Å². The van der Waals surface area contributed by atoms with E-state index in [2.05, 4.69) is 54.4 Å². The number of sulfone groups is 1. The standard InChI is InChI=1S/C48H58ClN9O8S/c1-28(2)66-39-26-33(30(5)25-37(39)54-48-52-27-34(49)44(56-48)53-35-12-6-7-14-40(35)67(64,65)29(3)4)31-17-22-57(23-18-31)24-19-41(59)51-21-9-8-20-50-36-13-10-11-32-43(36)47(63)58(46(32)62)38-15-16-42(60)55-45(38)61/h6-7,10-14,25-29,31,38,50H,8-9,15-24H2,1-5H3,(H,51,59)(H,55,60,61)(H2,52,53,54,56). The lowest BCUT2D eigenvalue weighted by Gasteiger charge is -2.33. The third-order valence-corrected chi connectivity index (χ3v) is 14.7. The molecular formula is C48H58ClN9O8S. The molecule has 0 aliphatic carbocycles. The van der Waals surface area contributed by atoms with Crippen molar-refractivity contribution in [1.29, 1.82) is 0 Å². The molecule has 1 atom stereocenters. The molecule has 5 amide bonds. The van der Waals surface area contributed by atoms with E-state index in [4.69, 9.17) is 16.3 Å². The van der Waals surface area contributed by atoms with Gasteiger partial charge in [-0.05, 0) is 133 Å². The molecule has 0 radical (unpaired) electrons. The van der Waals surface area contributed by atoms with E-state index in [1.54, 1.807) is 56.3 Å². The maximum absolute atomic E-state index is 13.4. The summed E-state index contributed by atoms with van der Waals surface area (Å²) >= 11 is 6.51. The Kier molecular flexibility index (Phi) is 15.5. The second-order valence-corrected chi connectivity index (χ2v) is 20.5. The Morgan fingerprint density at radius 3 is 2.37 bits per heavy atom. The van der Waals surface area contributed by atoms with Gasteiger partial charge in [-0.15, -0.1) is 0 Å². The summed E-state index contributed by atoms with van der Waals surface area (Å²) in [5, 5.41) is 14.5. The summed E-state index contributed by atoms with van der Waals surface area (Å²) in [5.74, 6) is -0.748. The number of hydrogen-bond donors (Lipinski definition) is 5. The highest BCUT2D eigenvalue weighted by Gasteiger charge is 2.45. The number of carbonyl (C=O) groups excluding carboxylic acids is 5. The molecule has 2 saturated heterocycles. The lowest BCUT2D eigenvalue weighted by Crippen LogP contribution is -2.54. The van der Waals surface area contributed by atoms with Crippen molar-refractivity contribution in [3.05, 3.63) is 88.1 Å². The molecule has 0 spiro atoms. The average Bonchev–Trinajstić information content (AvgIpc) is 3.54. The Hall–Kier alpha value is -6.11. The molecule has 3 aliphatic rings.